The first-order valence-corrected chi connectivity index (χ1v) is 10.0. The molecule has 1 aromatic heterocycles. The molecule has 0 radical (unpaired) electrons. The van der Waals surface area contributed by atoms with Gasteiger partial charge in [-0.3, -0.25) is 15.1 Å². The number of nitrogens with one attached hydrogen (secondary N) is 2. The number of carbonyl (C=O) groups is 1. The Balaban J connectivity index is 1.87. The topological polar surface area (TPSA) is 88.1 Å². The van der Waals surface area contributed by atoms with E-state index in [1.807, 2.05) is 49.3 Å². The fraction of sp³-hybridized carbons (Fsp3) is 0.208. The number of carbonyl (C=O) groups excluding carboxylic acids is 1. The number of ether oxygens (including phenoxy) is 2. The van der Waals surface area contributed by atoms with Crippen molar-refractivity contribution in [1.29, 1.82) is 0 Å². The van der Waals surface area contributed by atoms with Crippen LogP contribution in [0.1, 0.15) is 15.9 Å². The van der Waals surface area contributed by atoms with Crippen LogP contribution in [0.2, 0.25) is 0 Å². The third-order valence-electron chi connectivity index (χ3n) is 4.64. The van der Waals surface area contributed by atoms with E-state index in [9.17, 15) is 4.79 Å². The van der Waals surface area contributed by atoms with Crippen LogP contribution in [0, 0.1) is 0 Å². The molecule has 0 saturated heterocycles. The lowest BCUT2D eigenvalue weighted by molar-refractivity contribution is 0.0977. The van der Waals surface area contributed by atoms with Crippen LogP contribution < -0.4 is 25.0 Å². The number of methoxy groups -OCH3 is 2. The molecular weight excluding hydrogens is 406 g/mol. The van der Waals surface area contributed by atoms with Crippen molar-refractivity contribution in [1.82, 2.24) is 10.3 Å². The van der Waals surface area contributed by atoms with Crippen LogP contribution in [-0.2, 0) is 6.54 Å². The summed E-state index contributed by atoms with van der Waals surface area (Å²) in [7, 11) is 7.01. The summed E-state index contributed by atoms with van der Waals surface area (Å²) in [4.78, 5) is 23.5. The van der Waals surface area contributed by atoms with Crippen LogP contribution in [0.15, 0.2) is 72.0 Å². The van der Waals surface area contributed by atoms with Crippen molar-refractivity contribution in [3.63, 3.8) is 0 Å². The third-order valence-corrected chi connectivity index (χ3v) is 4.64. The predicted molar refractivity (Wildman–Crippen MR) is 127 cm³/mol. The quantitative estimate of drug-likeness (QED) is 0.438. The highest BCUT2D eigenvalue weighted by atomic mass is 16.5. The molecule has 0 saturated carbocycles. The minimum Gasteiger partial charge on any atom is -0.497 e. The van der Waals surface area contributed by atoms with Gasteiger partial charge in [-0.25, -0.2) is 4.99 Å². The van der Waals surface area contributed by atoms with Crippen molar-refractivity contribution in [2.75, 3.05) is 38.5 Å². The molecule has 8 nitrogen and oxygen atoms in total. The van der Waals surface area contributed by atoms with Gasteiger partial charge >= 0.3 is 0 Å². The van der Waals surface area contributed by atoms with Gasteiger partial charge in [0.05, 0.1) is 20.8 Å². The Hall–Kier alpha value is -4.07. The number of anilines is 2. The van der Waals surface area contributed by atoms with E-state index in [-0.39, 0.29) is 5.91 Å². The molecule has 0 spiro atoms. The highest BCUT2D eigenvalue weighted by Crippen LogP contribution is 2.25. The molecule has 2 aromatic carbocycles. The lowest BCUT2D eigenvalue weighted by Crippen LogP contribution is -2.36. The first-order chi connectivity index (χ1) is 15.5. The molecule has 0 bridgehead atoms. The van der Waals surface area contributed by atoms with Crippen molar-refractivity contribution in [3.05, 3.63) is 78.1 Å². The van der Waals surface area contributed by atoms with E-state index < -0.39 is 0 Å². The number of aliphatic imine (C=N–C) groups is 1. The highest BCUT2D eigenvalue weighted by Gasteiger charge is 2.12. The molecule has 0 aliphatic carbocycles. The molecule has 166 valence electrons. The molecule has 8 heteroatoms. The summed E-state index contributed by atoms with van der Waals surface area (Å²) in [6, 6.07) is 16.5. The monoisotopic (exact) mass is 433 g/mol. The van der Waals surface area contributed by atoms with Crippen molar-refractivity contribution >= 4 is 23.2 Å². The van der Waals surface area contributed by atoms with Crippen LogP contribution in [-0.4, -0.2) is 45.2 Å². The van der Waals surface area contributed by atoms with E-state index in [1.54, 1.807) is 50.9 Å². The number of pyridine rings is 1. The van der Waals surface area contributed by atoms with Crippen molar-refractivity contribution in [2.24, 2.45) is 4.99 Å². The fourth-order valence-electron chi connectivity index (χ4n) is 2.89. The average molecular weight is 434 g/mol. The molecule has 1 amide bonds. The zero-order valence-corrected chi connectivity index (χ0v) is 18.6. The maximum absolute atomic E-state index is 13.0. The van der Waals surface area contributed by atoms with Gasteiger partial charge in [0.2, 0.25) is 5.96 Å². The lowest BCUT2D eigenvalue weighted by atomic mass is 10.2. The van der Waals surface area contributed by atoms with E-state index in [0.29, 0.717) is 35.3 Å². The van der Waals surface area contributed by atoms with E-state index in [4.69, 9.17) is 9.47 Å². The first-order valence-electron chi connectivity index (χ1n) is 10.0. The number of hydrogen-bond donors (Lipinski definition) is 2. The second kappa shape index (κ2) is 10.8. The maximum Gasteiger partial charge on any atom is 0.258 e. The van der Waals surface area contributed by atoms with E-state index >= 15 is 0 Å². The molecule has 3 rings (SSSR count). The van der Waals surface area contributed by atoms with Gasteiger partial charge in [0, 0.05) is 61.6 Å². The average Bonchev–Trinajstić information content (AvgIpc) is 2.82. The smallest absolute Gasteiger partial charge is 0.258 e. The van der Waals surface area contributed by atoms with Gasteiger partial charge in [-0.05, 0) is 35.9 Å². The summed E-state index contributed by atoms with van der Waals surface area (Å²) in [5.41, 5.74) is 3.08. The molecule has 0 fully saturated rings. The summed E-state index contributed by atoms with van der Waals surface area (Å²) in [5, 5.41) is 6.05. The van der Waals surface area contributed by atoms with Gasteiger partial charge in [-0.1, -0.05) is 6.07 Å². The zero-order valence-electron chi connectivity index (χ0n) is 18.6. The Morgan fingerprint density at radius 1 is 1.00 bits per heavy atom. The fourth-order valence-corrected chi connectivity index (χ4v) is 2.89. The molecule has 1 heterocycles. The van der Waals surface area contributed by atoms with E-state index in [0.717, 1.165) is 11.3 Å². The van der Waals surface area contributed by atoms with Gasteiger partial charge in [-0.2, -0.15) is 0 Å². The largest absolute Gasteiger partial charge is 0.497 e. The van der Waals surface area contributed by atoms with Gasteiger partial charge in [0.15, 0.2) is 0 Å². The SMILES string of the molecule is COc1cc(NC(=NCc2ccncc2)NC(=O)c2cccc(N(C)C)c2)cc(OC)c1. The third kappa shape index (κ3) is 6.21. The molecule has 2 N–H and O–H groups in total. The van der Waals surface area contributed by atoms with Gasteiger partial charge < -0.3 is 19.7 Å². The zero-order chi connectivity index (χ0) is 22.9. The summed E-state index contributed by atoms with van der Waals surface area (Å²) in [6.07, 6.45) is 3.41. The Morgan fingerprint density at radius 2 is 1.69 bits per heavy atom. The van der Waals surface area contributed by atoms with Crippen LogP contribution in [0.4, 0.5) is 11.4 Å². The standard InChI is InChI=1S/C24H27N5O3/c1-29(2)20-7-5-6-18(12-20)23(30)28-24(26-16-17-8-10-25-11-9-17)27-19-13-21(31-3)15-22(14-19)32-4/h5-15H,16H2,1-4H3,(H2,26,27,28,30). The van der Waals surface area contributed by atoms with E-state index in [2.05, 4.69) is 20.6 Å². The number of aromatic nitrogens is 1. The molecule has 3 aromatic rings. The van der Waals surface area contributed by atoms with Gasteiger partial charge in [0.1, 0.15) is 11.5 Å². The van der Waals surface area contributed by atoms with Gasteiger partial charge in [-0.15, -0.1) is 0 Å². The summed E-state index contributed by atoms with van der Waals surface area (Å²) in [6.45, 7) is 0.365. The van der Waals surface area contributed by atoms with Crippen molar-refractivity contribution in [3.8, 4) is 11.5 Å². The Bertz CT molecular complexity index is 1060. The molecule has 0 unspecified atom stereocenters. The number of guanidine groups is 1. The lowest BCUT2D eigenvalue weighted by Gasteiger charge is -2.15. The maximum atomic E-state index is 13.0. The number of rotatable bonds is 7. The second-order valence-electron chi connectivity index (χ2n) is 7.15. The Labute approximate surface area is 187 Å². The van der Waals surface area contributed by atoms with E-state index in [1.165, 1.54) is 0 Å². The minimum absolute atomic E-state index is 0.274. The predicted octanol–water partition coefficient (Wildman–Crippen LogP) is 3.56. The number of nitrogens with zero attached hydrogens (tertiary/aromatic N) is 3. The molecule has 32 heavy (non-hydrogen) atoms. The van der Waals surface area contributed by atoms with Gasteiger partial charge in [0.25, 0.3) is 5.91 Å². The molecule has 0 atom stereocenters. The van der Waals surface area contributed by atoms with Crippen LogP contribution >= 0.6 is 0 Å². The highest BCUT2D eigenvalue weighted by molar-refractivity contribution is 6.10. The van der Waals surface area contributed by atoms with Crippen LogP contribution in [0.3, 0.4) is 0 Å². The Morgan fingerprint density at radius 3 is 2.31 bits per heavy atom. The van der Waals surface area contributed by atoms with Crippen molar-refractivity contribution in [2.45, 2.75) is 6.54 Å². The Kier molecular flexibility index (Phi) is 7.64. The normalized spacial score (nSPS) is 10.9. The van der Waals surface area contributed by atoms with Crippen molar-refractivity contribution < 1.29 is 14.3 Å². The second-order valence-corrected chi connectivity index (χ2v) is 7.15. The summed E-state index contributed by atoms with van der Waals surface area (Å²) < 4.78 is 10.7. The first kappa shape index (κ1) is 22.6. The van der Waals surface area contributed by atoms with Crippen LogP contribution in [0.5, 0.6) is 11.5 Å². The molecular formula is C24H27N5O3. The summed E-state index contributed by atoms with van der Waals surface area (Å²) >= 11 is 0. The minimum atomic E-state index is -0.274. The number of benzene rings is 2. The molecule has 0 aliphatic rings. The van der Waals surface area contributed by atoms with Crippen LogP contribution in [0.25, 0.3) is 0 Å². The molecule has 0 aliphatic heterocycles. The number of amides is 1. The number of hydrogen-bond acceptors (Lipinski definition) is 6. The summed E-state index contributed by atoms with van der Waals surface area (Å²) in [5.74, 6) is 1.26.